The second kappa shape index (κ2) is 8.74. The molecule has 0 aromatic heterocycles. The van der Waals surface area contributed by atoms with Gasteiger partial charge in [0.05, 0.1) is 11.4 Å². The Morgan fingerprint density at radius 2 is 1.58 bits per heavy atom. The second-order valence-electron chi connectivity index (χ2n) is 9.14. The number of hydrogen-bond donors (Lipinski definition) is 0. The maximum Gasteiger partial charge on any atom is 0.258 e. The lowest BCUT2D eigenvalue weighted by Gasteiger charge is -2.27. The van der Waals surface area contributed by atoms with Crippen molar-refractivity contribution in [2.24, 2.45) is 5.92 Å². The van der Waals surface area contributed by atoms with Crippen molar-refractivity contribution >= 4 is 28.9 Å². The van der Waals surface area contributed by atoms with E-state index in [1.165, 1.54) is 5.56 Å². The molecular weight excluding hydrogens is 410 g/mol. The largest absolute Gasteiger partial charge is 0.365 e. The smallest absolute Gasteiger partial charge is 0.258 e. The number of hydrogen-bond acceptors (Lipinski definition) is 3. The molecule has 0 unspecified atom stereocenters. The van der Waals surface area contributed by atoms with Crippen LogP contribution in [0.4, 0.5) is 17.1 Å². The molecule has 2 amide bonds. The van der Waals surface area contributed by atoms with Crippen LogP contribution in [0, 0.1) is 5.92 Å². The Kier molecular flexibility index (Phi) is 5.63. The average Bonchev–Trinajstić information content (AvgIpc) is 3.20. The lowest BCUT2D eigenvalue weighted by atomic mass is 10.1. The number of amides is 2. The topological polar surface area (TPSA) is 43.9 Å². The first-order valence-electron chi connectivity index (χ1n) is 11.6. The van der Waals surface area contributed by atoms with E-state index in [1.54, 1.807) is 11.8 Å². The van der Waals surface area contributed by atoms with E-state index in [0.29, 0.717) is 24.6 Å². The minimum Gasteiger partial charge on any atom is -0.365 e. The SMILES string of the molecule is CC(=O)N1CCc2cc(C(=O)N3C[C@H](C)CN(Cc4ccccc4)c4ccccc43)ccc21. The van der Waals surface area contributed by atoms with E-state index in [4.69, 9.17) is 0 Å². The van der Waals surface area contributed by atoms with Crippen molar-refractivity contribution < 1.29 is 9.59 Å². The predicted molar refractivity (Wildman–Crippen MR) is 133 cm³/mol. The molecule has 5 heteroatoms. The van der Waals surface area contributed by atoms with Crippen LogP contribution in [0.2, 0.25) is 0 Å². The van der Waals surface area contributed by atoms with E-state index in [0.717, 1.165) is 42.1 Å². The number of fused-ring (bicyclic) bond motifs is 2. The van der Waals surface area contributed by atoms with Crippen LogP contribution in [0.5, 0.6) is 0 Å². The number of anilines is 3. The van der Waals surface area contributed by atoms with Gasteiger partial charge in [0.25, 0.3) is 5.91 Å². The number of para-hydroxylation sites is 2. The highest BCUT2D eigenvalue weighted by Gasteiger charge is 2.30. The molecule has 5 rings (SSSR count). The zero-order chi connectivity index (χ0) is 22.9. The van der Waals surface area contributed by atoms with E-state index >= 15 is 0 Å². The van der Waals surface area contributed by atoms with Gasteiger partial charge in [-0.1, -0.05) is 49.4 Å². The molecule has 3 aromatic rings. The van der Waals surface area contributed by atoms with E-state index < -0.39 is 0 Å². The van der Waals surface area contributed by atoms with Crippen LogP contribution in [0.1, 0.15) is 35.3 Å². The Labute approximate surface area is 195 Å². The molecule has 0 aliphatic carbocycles. The van der Waals surface area contributed by atoms with Gasteiger partial charge < -0.3 is 14.7 Å². The first kappa shape index (κ1) is 21.3. The van der Waals surface area contributed by atoms with Crippen molar-refractivity contribution in [2.75, 3.05) is 34.3 Å². The molecule has 0 fully saturated rings. The molecule has 33 heavy (non-hydrogen) atoms. The molecule has 0 spiro atoms. The fourth-order valence-corrected chi connectivity index (χ4v) is 5.07. The lowest BCUT2D eigenvalue weighted by molar-refractivity contribution is -0.116. The highest BCUT2D eigenvalue weighted by atomic mass is 16.2. The fourth-order valence-electron chi connectivity index (χ4n) is 5.07. The fraction of sp³-hybridized carbons (Fsp3) is 0.286. The Hall–Kier alpha value is -3.60. The van der Waals surface area contributed by atoms with Gasteiger partial charge in [-0.15, -0.1) is 0 Å². The van der Waals surface area contributed by atoms with Crippen molar-refractivity contribution in [3.8, 4) is 0 Å². The van der Waals surface area contributed by atoms with Gasteiger partial charge in [-0.05, 0) is 53.8 Å². The van der Waals surface area contributed by atoms with Crippen molar-refractivity contribution in [2.45, 2.75) is 26.8 Å². The zero-order valence-corrected chi connectivity index (χ0v) is 19.2. The molecule has 0 saturated carbocycles. The van der Waals surface area contributed by atoms with E-state index in [9.17, 15) is 9.59 Å². The number of rotatable bonds is 3. The van der Waals surface area contributed by atoms with Crippen LogP contribution >= 0.6 is 0 Å². The average molecular weight is 440 g/mol. The monoisotopic (exact) mass is 439 g/mol. The summed E-state index contributed by atoms with van der Waals surface area (Å²) in [5.74, 6) is 0.370. The Morgan fingerprint density at radius 3 is 2.33 bits per heavy atom. The molecule has 0 saturated heterocycles. The van der Waals surface area contributed by atoms with Gasteiger partial charge in [0.15, 0.2) is 0 Å². The maximum absolute atomic E-state index is 13.8. The molecule has 2 heterocycles. The minimum absolute atomic E-state index is 0.0138. The molecular formula is C28H29N3O2. The molecule has 168 valence electrons. The highest BCUT2D eigenvalue weighted by Crippen LogP contribution is 2.36. The van der Waals surface area contributed by atoms with Gasteiger partial charge >= 0.3 is 0 Å². The van der Waals surface area contributed by atoms with Crippen molar-refractivity contribution in [3.63, 3.8) is 0 Å². The number of carbonyl (C=O) groups is 2. The van der Waals surface area contributed by atoms with Crippen LogP contribution in [0.3, 0.4) is 0 Å². The summed E-state index contributed by atoms with van der Waals surface area (Å²) in [7, 11) is 0. The van der Waals surface area contributed by atoms with Crippen molar-refractivity contribution in [3.05, 3.63) is 89.5 Å². The predicted octanol–water partition coefficient (Wildman–Crippen LogP) is 4.90. The quantitative estimate of drug-likeness (QED) is 0.583. The summed E-state index contributed by atoms with van der Waals surface area (Å²) in [6, 6.07) is 24.4. The van der Waals surface area contributed by atoms with Gasteiger partial charge in [0.2, 0.25) is 5.91 Å². The maximum atomic E-state index is 13.8. The summed E-state index contributed by atoms with van der Waals surface area (Å²) in [6.07, 6.45) is 0.786. The molecule has 3 aromatic carbocycles. The summed E-state index contributed by atoms with van der Waals surface area (Å²) in [4.78, 5) is 31.8. The highest BCUT2D eigenvalue weighted by molar-refractivity contribution is 6.08. The third-order valence-corrected chi connectivity index (χ3v) is 6.60. The second-order valence-corrected chi connectivity index (χ2v) is 9.14. The Bertz CT molecular complexity index is 1190. The van der Waals surface area contributed by atoms with Gasteiger partial charge in [-0.3, -0.25) is 9.59 Å². The van der Waals surface area contributed by atoms with Gasteiger partial charge in [-0.25, -0.2) is 0 Å². The Balaban J connectivity index is 1.48. The van der Waals surface area contributed by atoms with Gasteiger partial charge in [0, 0.05) is 44.4 Å². The van der Waals surface area contributed by atoms with Crippen LogP contribution in [-0.4, -0.2) is 31.4 Å². The summed E-state index contributed by atoms with van der Waals surface area (Å²) >= 11 is 0. The summed E-state index contributed by atoms with van der Waals surface area (Å²) < 4.78 is 0. The third kappa shape index (κ3) is 4.11. The number of benzene rings is 3. The minimum atomic E-state index is 0.0138. The van der Waals surface area contributed by atoms with Gasteiger partial charge in [-0.2, -0.15) is 0 Å². The lowest BCUT2D eigenvalue weighted by Crippen LogP contribution is -2.35. The van der Waals surface area contributed by atoms with E-state index in [1.807, 2.05) is 47.4 Å². The molecule has 2 aliphatic rings. The molecule has 0 bridgehead atoms. The standard InChI is InChI=1S/C28H29N3O2/c1-20-17-29(19-22-8-4-3-5-9-22)26-10-6-7-11-27(26)31(18-20)28(33)24-12-13-25-23(16-24)14-15-30(25)21(2)32/h3-13,16,20H,14-15,17-19H2,1-2H3/t20-/m1/s1. The van der Waals surface area contributed by atoms with Gasteiger partial charge in [0.1, 0.15) is 0 Å². The first-order valence-corrected chi connectivity index (χ1v) is 11.6. The molecule has 0 radical (unpaired) electrons. The molecule has 2 aliphatic heterocycles. The molecule has 1 atom stereocenters. The molecule has 5 nitrogen and oxygen atoms in total. The van der Waals surface area contributed by atoms with Crippen LogP contribution in [0.15, 0.2) is 72.8 Å². The van der Waals surface area contributed by atoms with Crippen molar-refractivity contribution in [1.82, 2.24) is 0 Å². The van der Waals surface area contributed by atoms with Crippen molar-refractivity contribution in [1.29, 1.82) is 0 Å². The number of carbonyl (C=O) groups excluding carboxylic acids is 2. The third-order valence-electron chi connectivity index (χ3n) is 6.60. The van der Waals surface area contributed by atoms with Crippen LogP contribution in [0.25, 0.3) is 0 Å². The molecule has 0 N–H and O–H groups in total. The Morgan fingerprint density at radius 1 is 0.848 bits per heavy atom. The summed E-state index contributed by atoms with van der Waals surface area (Å²) in [5.41, 5.74) is 5.97. The summed E-state index contributed by atoms with van der Waals surface area (Å²) in [5, 5.41) is 0. The zero-order valence-electron chi connectivity index (χ0n) is 19.2. The summed E-state index contributed by atoms with van der Waals surface area (Å²) in [6.45, 7) is 6.83. The van der Waals surface area contributed by atoms with E-state index in [2.05, 4.69) is 42.2 Å². The normalized spacial score (nSPS) is 17.4. The van der Waals surface area contributed by atoms with Crippen LogP contribution in [-0.2, 0) is 17.8 Å². The van der Waals surface area contributed by atoms with Crippen LogP contribution < -0.4 is 14.7 Å². The first-order chi connectivity index (χ1) is 16.0. The number of nitrogens with zero attached hydrogens (tertiary/aromatic N) is 3. The van der Waals surface area contributed by atoms with E-state index in [-0.39, 0.29) is 11.8 Å².